The number of nitrogens with zero attached hydrogens (tertiary/aromatic N) is 3. The van der Waals surface area contributed by atoms with Crippen molar-refractivity contribution in [3.8, 4) is 0 Å². The molecule has 0 bridgehead atoms. The van der Waals surface area contributed by atoms with Gasteiger partial charge in [-0.3, -0.25) is 19.2 Å². The van der Waals surface area contributed by atoms with E-state index in [9.17, 15) is 24.8 Å². The number of imidazole rings is 1. The highest BCUT2D eigenvalue weighted by molar-refractivity contribution is 5.97. The van der Waals surface area contributed by atoms with Crippen LogP contribution >= 0.6 is 0 Å². The summed E-state index contributed by atoms with van der Waals surface area (Å²) in [6.07, 6.45) is 0. The molecule has 0 unspecified atom stereocenters. The van der Waals surface area contributed by atoms with Gasteiger partial charge in [0.25, 0.3) is 5.69 Å². The Balaban J connectivity index is 1.94. The third-order valence-electron chi connectivity index (χ3n) is 4.45. The summed E-state index contributed by atoms with van der Waals surface area (Å²) >= 11 is 0. The van der Waals surface area contributed by atoms with Gasteiger partial charge < -0.3 is 9.84 Å². The second kappa shape index (κ2) is 8.05. The first-order chi connectivity index (χ1) is 13.4. The largest absolute Gasteiger partial charge is 0.477 e. The third kappa shape index (κ3) is 3.65. The Hall–Kier alpha value is -3.46. The minimum Gasteiger partial charge on any atom is -0.477 e. The van der Waals surface area contributed by atoms with E-state index >= 15 is 0 Å². The fourth-order valence-electron chi connectivity index (χ4n) is 3.11. The Morgan fingerprint density at radius 2 is 1.86 bits per heavy atom. The highest BCUT2D eigenvalue weighted by Gasteiger charge is 2.24. The molecule has 0 saturated heterocycles. The van der Waals surface area contributed by atoms with Crippen LogP contribution < -0.4 is 5.69 Å². The number of ether oxygens (including phenoxy) is 1. The lowest BCUT2D eigenvalue weighted by molar-refractivity contribution is -0.385. The number of benzene rings is 2. The van der Waals surface area contributed by atoms with Gasteiger partial charge in [-0.25, -0.2) is 9.59 Å². The molecule has 146 valence electrons. The normalized spacial score (nSPS) is 11.0. The average Bonchev–Trinajstić information content (AvgIpc) is 2.95. The van der Waals surface area contributed by atoms with E-state index in [-0.39, 0.29) is 18.8 Å². The highest BCUT2D eigenvalue weighted by Crippen LogP contribution is 2.26. The van der Waals surface area contributed by atoms with Crippen LogP contribution in [0.4, 0.5) is 5.69 Å². The molecule has 0 fully saturated rings. The number of carbonyl (C=O) groups is 1. The molecular weight excluding hydrogens is 366 g/mol. The van der Waals surface area contributed by atoms with Gasteiger partial charge in [0.05, 0.1) is 35.7 Å². The van der Waals surface area contributed by atoms with Crippen LogP contribution in [0.5, 0.6) is 0 Å². The van der Waals surface area contributed by atoms with Crippen molar-refractivity contribution in [2.45, 2.75) is 26.6 Å². The zero-order valence-corrected chi connectivity index (χ0v) is 15.2. The minimum absolute atomic E-state index is 0.200. The number of aromatic nitrogens is 2. The number of hydrogen-bond acceptors (Lipinski definition) is 5. The van der Waals surface area contributed by atoms with Crippen molar-refractivity contribution in [3.63, 3.8) is 0 Å². The molecule has 1 N–H and O–H groups in total. The SMILES string of the molecule is CCn1c(=O)n(CCOCc2ccccc2)c2cc(C(=O)O)c([N+](=O)[O-])cc21. The molecule has 0 aliphatic rings. The lowest BCUT2D eigenvalue weighted by Gasteiger charge is -2.06. The quantitative estimate of drug-likeness (QED) is 0.362. The molecule has 1 aromatic heterocycles. The first kappa shape index (κ1) is 19.3. The molecule has 0 atom stereocenters. The second-order valence-electron chi connectivity index (χ2n) is 6.14. The van der Waals surface area contributed by atoms with Crippen LogP contribution in [0.3, 0.4) is 0 Å². The topological polar surface area (TPSA) is 117 Å². The van der Waals surface area contributed by atoms with Crippen molar-refractivity contribution in [2.75, 3.05) is 6.61 Å². The van der Waals surface area contributed by atoms with Crippen LogP contribution in [0.25, 0.3) is 11.0 Å². The predicted molar refractivity (Wildman–Crippen MR) is 102 cm³/mol. The third-order valence-corrected chi connectivity index (χ3v) is 4.45. The molecule has 0 aliphatic heterocycles. The van der Waals surface area contributed by atoms with E-state index < -0.39 is 22.1 Å². The van der Waals surface area contributed by atoms with Crippen LogP contribution in [0.1, 0.15) is 22.8 Å². The molecule has 9 heteroatoms. The van der Waals surface area contributed by atoms with Gasteiger partial charge in [-0.2, -0.15) is 0 Å². The number of carboxylic acids is 1. The summed E-state index contributed by atoms with van der Waals surface area (Å²) in [4.78, 5) is 34.6. The molecule has 28 heavy (non-hydrogen) atoms. The van der Waals surface area contributed by atoms with Crippen molar-refractivity contribution in [1.82, 2.24) is 9.13 Å². The van der Waals surface area contributed by atoms with E-state index in [0.717, 1.165) is 11.6 Å². The van der Waals surface area contributed by atoms with Crippen molar-refractivity contribution >= 4 is 22.7 Å². The number of aromatic carboxylic acids is 1. The summed E-state index contributed by atoms with van der Waals surface area (Å²) < 4.78 is 8.39. The van der Waals surface area contributed by atoms with Crippen LogP contribution in [-0.4, -0.2) is 31.7 Å². The Morgan fingerprint density at radius 3 is 2.46 bits per heavy atom. The van der Waals surface area contributed by atoms with E-state index in [0.29, 0.717) is 24.2 Å². The fourth-order valence-corrected chi connectivity index (χ4v) is 3.11. The Morgan fingerprint density at radius 1 is 1.18 bits per heavy atom. The first-order valence-electron chi connectivity index (χ1n) is 8.70. The van der Waals surface area contributed by atoms with Crippen molar-refractivity contribution < 1.29 is 19.6 Å². The summed E-state index contributed by atoms with van der Waals surface area (Å²) in [6.45, 7) is 2.86. The number of nitro groups is 1. The summed E-state index contributed by atoms with van der Waals surface area (Å²) in [5.74, 6) is -1.42. The second-order valence-corrected chi connectivity index (χ2v) is 6.14. The van der Waals surface area contributed by atoms with Crippen LogP contribution in [-0.2, 0) is 24.4 Å². The van der Waals surface area contributed by atoms with E-state index in [4.69, 9.17) is 4.74 Å². The number of rotatable bonds is 8. The molecule has 0 radical (unpaired) electrons. The summed E-state index contributed by atoms with van der Waals surface area (Å²) in [5, 5.41) is 20.5. The van der Waals surface area contributed by atoms with Crippen LogP contribution in [0, 0.1) is 10.1 Å². The summed E-state index contributed by atoms with van der Waals surface area (Å²) in [5.41, 5.74) is 0.294. The maximum atomic E-state index is 12.7. The van der Waals surface area contributed by atoms with Gasteiger partial charge in [-0.05, 0) is 18.6 Å². The smallest absolute Gasteiger partial charge is 0.342 e. The Kier molecular flexibility index (Phi) is 5.55. The maximum Gasteiger partial charge on any atom is 0.342 e. The van der Waals surface area contributed by atoms with E-state index in [1.54, 1.807) is 6.92 Å². The fraction of sp³-hybridized carbons (Fsp3) is 0.263. The van der Waals surface area contributed by atoms with Gasteiger partial charge in [0.1, 0.15) is 5.56 Å². The van der Waals surface area contributed by atoms with Gasteiger partial charge in [0.2, 0.25) is 0 Å². The van der Waals surface area contributed by atoms with Gasteiger partial charge in [0.15, 0.2) is 0 Å². The molecule has 0 aliphatic carbocycles. The monoisotopic (exact) mass is 385 g/mol. The van der Waals surface area contributed by atoms with Gasteiger partial charge in [-0.1, -0.05) is 30.3 Å². The van der Waals surface area contributed by atoms with Gasteiger partial charge in [0, 0.05) is 12.6 Å². The van der Waals surface area contributed by atoms with Gasteiger partial charge >= 0.3 is 11.7 Å². The van der Waals surface area contributed by atoms with Crippen molar-refractivity contribution in [2.24, 2.45) is 0 Å². The minimum atomic E-state index is -1.42. The first-order valence-corrected chi connectivity index (χ1v) is 8.70. The van der Waals surface area contributed by atoms with E-state index in [1.807, 2.05) is 30.3 Å². The van der Waals surface area contributed by atoms with Crippen molar-refractivity contribution in [1.29, 1.82) is 0 Å². The molecule has 2 aromatic carbocycles. The van der Waals surface area contributed by atoms with Gasteiger partial charge in [-0.15, -0.1) is 0 Å². The predicted octanol–water partition coefficient (Wildman–Crippen LogP) is 2.65. The maximum absolute atomic E-state index is 12.7. The summed E-state index contributed by atoms with van der Waals surface area (Å²) in [6, 6.07) is 11.9. The number of fused-ring (bicyclic) bond motifs is 1. The van der Waals surface area contributed by atoms with E-state index in [1.165, 1.54) is 15.2 Å². The molecular formula is C19H19N3O6. The molecule has 1 heterocycles. The zero-order chi connectivity index (χ0) is 20.3. The lowest BCUT2D eigenvalue weighted by Crippen LogP contribution is -2.25. The molecule has 0 amide bonds. The summed E-state index contributed by atoms with van der Waals surface area (Å²) in [7, 11) is 0. The van der Waals surface area contributed by atoms with Crippen LogP contribution in [0.2, 0.25) is 0 Å². The molecule has 3 aromatic rings. The molecule has 9 nitrogen and oxygen atoms in total. The number of hydrogen-bond donors (Lipinski definition) is 1. The van der Waals surface area contributed by atoms with Crippen LogP contribution in [0.15, 0.2) is 47.3 Å². The molecule has 0 saturated carbocycles. The number of carboxylic acid groups (broad SMARTS) is 1. The standard InChI is InChI=1S/C19H19N3O6/c1-2-20-17-11-15(22(26)27)14(18(23)24)10-16(17)21(19(20)25)8-9-28-12-13-6-4-3-5-7-13/h3-7,10-11H,2,8-9,12H2,1H3,(H,23,24). The molecule has 3 rings (SSSR count). The Bertz CT molecular complexity index is 1080. The number of aryl methyl sites for hydroxylation is 1. The lowest BCUT2D eigenvalue weighted by atomic mass is 10.1. The molecule has 0 spiro atoms. The number of nitro benzene ring substituents is 1. The highest BCUT2D eigenvalue weighted by atomic mass is 16.6. The Labute approximate surface area is 159 Å². The van der Waals surface area contributed by atoms with Crippen molar-refractivity contribution in [3.05, 3.63) is 74.2 Å². The zero-order valence-electron chi connectivity index (χ0n) is 15.2. The van der Waals surface area contributed by atoms with E-state index in [2.05, 4.69) is 0 Å². The average molecular weight is 385 g/mol.